The molecular formula is C16H28N4O. The Hall–Kier alpha value is -0.910. The van der Waals surface area contributed by atoms with Crippen molar-refractivity contribution in [2.45, 2.75) is 32.3 Å². The standard InChI is InChI=1S/C16H28N4O/c1-16(5-6-17-11-16)12-20-8-3-13(4-9-20)14(21)15-18-7-10-19(15)2/h7,10,13-14,17,21H,3-6,8-9,11-12H2,1-2H3. The highest BCUT2D eigenvalue weighted by molar-refractivity contribution is 4.99. The maximum Gasteiger partial charge on any atom is 0.137 e. The van der Waals surface area contributed by atoms with Crippen LogP contribution in [0.1, 0.15) is 38.1 Å². The first kappa shape index (κ1) is 15.0. The number of aliphatic hydroxyl groups excluding tert-OH is 1. The summed E-state index contributed by atoms with van der Waals surface area (Å²) in [7, 11) is 1.95. The molecule has 0 spiro atoms. The number of hydrogen-bond acceptors (Lipinski definition) is 4. The van der Waals surface area contributed by atoms with Gasteiger partial charge in [-0.3, -0.25) is 0 Å². The second-order valence-corrected chi connectivity index (χ2v) is 7.19. The monoisotopic (exact) mass is 292 g/mol. The zero-order valence-electron chi connectivity index (χ0n) is 13.3. The van der Waals surface area contributed by atoms with Crippen molar-refractivity contribution in [3.63, 3.8) is 0 Å². The molecule has 2 aliphatic heterocycles. The molecule has 0 amide bonds. The molecule has 1 aromatic heterocycles. The van der Waals surface area contributed by atoms with Gasteiger partial charge in [-0.05, 0) is 50.2 Å². The fourth-order valence-electron chi connectivity index (χ4n) is 3.84. The Morgan fingerprint density at radius 1 is 1.48 bits per heavy atom. The maximum absolute atomic E-state index is 10.5. The molecule has 2 fully saturated rings. The molecule has 3 rings (SSSR count). The number of aromatic nitrogens is 2. The summed E-state index contributed by atoms with van der Waals surface area (Å²) in [6.07, 6.45) is 6.66. The van der Waals surface area contributed by atoms with E-state index >= 15 is 0 Å². The van der Waals surface area contributed by atoms with Crippen molar-refractivity contribution in [3.05, 3.63) is 18.2 Å². The van der Waals surface area contributed by atoms with Crippen molar-refractivity contribution in [2.24, 2.45) is 18.4 Å². The van der Waals surface area contributed by atoms with Gasteiger partial charge in [-0.1, -0.05) is 6.92 Å². The van der Waals surface area contributed by atoms with Crippen LogP contribution in [0.3, 0.4) is 0 Å². The van der Waals surface area contributed by atoms with E-state index in [-0.39, 0.29) is 0 Å². The van der Waals surface area contributed by atoms with Gasteiger partial charge >= 0.3 is 0 Å². The minimum absolute atomic E-state index is 0.344. The smallest absolute Gasteiger partial charge is 0.137 e. The topological polar surface area (TPSA) is 53.3 Å². The zero-order chi connectivity index (χ0) is 14.9. The van der Waals surface area contributed by atoms with Gasteiger partial charge in [-0.2, -0.15) is 0 Å². The molecule has 1 aromatic rings. The van der Waals surface area contributed by atoms with Crippen LogP contribution in [0.2, 0.25) is 0 Å². The summed E-state index contributed by atoms with van der Waals surface area (Å²) < 4.78 is 1.93. The first-order valence-corrected chi connectivity index (χ1v) is 8.16. The minimum Gasteiger partial charge on any atom is -0.385 e. The van der Waals surface area contributed by atoms with Crippen molar-refractivity contribution >= 4 is 0 Å². The number of piperidine rings is 1. The van der Waals surface area contributed by atoms with Gasteiger partial charge in [0.05, 0.1) is 0 Å². The fourth-order valence-corrected chi connectivity index (χ4v) is 3.84. The van der Waals surface area contributed by atoms with Crippen molar-refractivity contribution in [1.29, 1.82) is 0 Å². The molecule has 2 atom stereocenters. The van der Waals surface area contributed by atoms with Gasteiger partial charge in [-0.15, -0.1) is 0 Å². The van der Waals surface area contributed by atoms with Gasteiger partial charge in [0.25, 0.3) is 0 Å². The van der Waals surface area contributed by atoms with E-state index in [1.807, 2.05) is 17.8 Å². The van der Waals surface area contributed by atoms with Crippen LogP contribution in [0.25, 0.3) is 0 Å². The van der Waals surface area contributed by atoms with Crippen LogP contribution >= 0.6 is 0 Å². The Labute approximate surface area is 127 Å². The number of nitrogens with one attached hydrogen (secondary N) is 1. The second-order valence-electron chi connectivity index (χ2n) is 7.19. The SMILES string of the molecule is Cn1ccnc1C(O)C1CCN(CC2(C)CCNC2)CC1. The Balaban J connectivity index is 1.52. The highest BCUT2D eigenvalue weighted by Gasteiger charge is 2.34. The third kappa shape index (κ3) is 3.30. The number of rotatable bonds is 4. The molecule has 5 nitrogen and oxygen atoms in total. The highest BCUT2D eigenvalue weighted by Crippen LogP contribution is 2.32. The molecule has 0 aromatic carbocycles. The lowest BCUT2D eigenvalue weighted by Gasteiger charge is -2.38. The van der Waals surface area contributed by atoms with Crippen molar-refractivity contribution in [2.75, 3.05) is 32.7 Å². The molecule has 2 unspecified atom stereocenters. The maximum atomic E-state index is 10.5. The van der Waals surface area contributed by atoms with Gasteiger partial charge in [0.1, 0.15) is 11.9 Å². The van der Waals surface area contributed by atoms with Crippen LogP contribution in [0.15, 0.2) is 12.4 Å². The van der Waals surface area contributed by atoms with Crippen LogP contribution in [0.4, 0.5) is 0 Å². The normalized spacial score (nSPS) is 29.9. The lowest BCUT2D eigenvalue weighted by Crippen LogP contribution is -2.42. The van der Waals surface area contributed by atoms with E-state index in [0.29, 0.717) is 11.3 Å². The number of aliphatic hydroxyl groups is 1. The summed E-state index contributed by atoms with van der Waals surface area (Å²) in [5, 5.41) is 14.0. The summed E-state index contributed by atoms with van der Waals surface area (Å²) in [5.41, 5.74) is 0.436. The lowest BCUT2D eigenvalue weighted by atomic mass is 9.86. The third-order valence-corrected chi connectivity index (χ3v) is 5.26. The highest BCUT2D eigenvalue weighted by atomic mass is 16.3. The van der Waals surface area contributed by atoms with Crippen molar-refractivity contribution in [1.82, 2.24) is 19.8 Å². The summed E-state index contributed by atoms with van der Waals surface area (Å²) in [6.45, 7) is 8.07. The molecule has 3 heterocycles. The average Bonchev–Trinajstić information content (AvgIpc) is 3.08. The zero-order valence-corrected chi connectivity index (χ0v) is 13.3. The van der Waals surface area contributed by atoms with Crippen molar-refractivity contribution < 1.29 is 5.11 Å². The van der Waals surface area contributed by atoms with E-state index < -0.39 is 6.10 Å². The number of imidazole rings is 1. The van der Waals surface area contributed by atoms with E-state index in [1.54, 1.807) is 6.20 Å². The van der Waals surface area contributed by atoms with Gasteiger partial charge < -0.3 is 19.9 Å². The summed E-state index contributed by atoms with van der Waals surface area (Å²) in [6, 6.07) is 0. The molecule has 118 valence electrons. The number of likely N-dealkylation sites (tertiary alicyclic amines) is 1. The number of hydrogen-bond donors (Lipinski definition) is 2. The van der Waals surface area contributed by atoms with E-state index in [9.17, 15) is 5.11 Å². The van der Waals surface area contributed by atoms with Crippen LogP contribution in [-0.2, 0) is 7.05 Å². The van der Waals surface area contributed by atoms with Gasteiger partial charge in [0.2, 0.25) is 0 Å². The first-order chi connectivity index (χ1) is 10.1. The first-order valence-electron chi connectivity index (χ1n) is 8.16. The fraction of sp³-hybridized carbons (Fsp3) is 0.812. The Morgan fingerprint density at radius 3 is 2.81 bits per heavy atom. The minimum atomic E-state index is -0.420. The van der Waals surface area contributed by atoms with Crippen LogP contribution in [-0.4, -0.2) is 52.3 Å². The Morgan fingerprint density at radius 2 is 2.24 bits per heavy atom. The van der Waals surface area contributed by atoms with Crippen LogP contribution < -0.4 is 5.32 Å². The third-order valence-electron chi connectivity index (χ3n) is 5.26. The van der Waals surface area contributed by atoms with E-state index in [1.165, 1.54) is 13.0 Å². The molecule has 21 heavy (non-hydrogen) atoms. The van der Waals surface area contributed by atoms with Gasteiger partial charge in [0.15, 0.2) is 0 Å². The van der Waals surface area contributed by atoms with Crippen LogP contribution in [0, 0.1) is 11.3 Å². The molecule has 2 saturated heterocycles. The summed E-state index contributed by atoms with van der Waals surface area (Å²) in [5.74, 6) is 1.15. The quantitative estimate of drug-likeness (QED) is 0.874. The average molecular weight is 292 g/mol. The van der Waals surface area contributed by atoms with E-state index in [2.05, 4.69) is 22.1 Å². The predicted octanol–water partition coefficient (Wildman–Crippen LogP) is 1.17. The summed E-state index contributed by atoms with van der Waals surface area (Å²) in [4.78, 5) is 6.87. The molecule has 0 bridgehead atoms. The molecule has 5 heteroatoms. The lowest BCUT2D eigenvalue weighted by molar-refractivity contribution is 0.0409. The second kappa shape index (κ2) is 6.07. The van der Waals surface area contributed by atoms with Crippen molar-refractivity contribution in [3.8, 4) is 0 Å². The Bertz CT molecular complexity index is 459. The van der Waals surface area contributed by atoms with Gasteiger partial charge in [0, 0.05) is 32.5 Å². The van der Waals surface area contributed by atoms with Crippen LogP contribution in [0.5, 0.6) is 0 Å². The van der Waals surface area contributed by atoms with E-state index in [4.69, 9.17) is 0 Å². The molecular weight excluding hydrogens is 264 g/mol. The largest absolute Gasteiger partial charge is 0.385 e. The Kier molecular flexibility index (Phi) is 4.33. The molecule has 0 radical (unpaired) electrons. The molecule has 2 N–H and O–H groups in total. The van der Waals surface area contributed by atoms with Gasteiger partial charge in [-0.25, -0.2) is 4.98 Å². The molecule has 0 aliphatic carbocycles. The summed E-state index contributed by atoms with van der Waals surface area (Å²) >= 11 is 0. The predicted molar refractivity (Wildman–Crippen MR) is 82.9 cm³/mol. The van der Waals surface area contributed by atoms with E-state index in [0.717, 1.165) is 44.8 Å². The number of nitrogens with zero attached hydrogens (tertiary/aromatic N) is 3. The number of aryl methyl sites for hydroxylation is 1. The molecule has 0 saturated carbocycles. The molecule has 2 aliphatic rings.